The van der Waals surface area contributed by atoms with Gasteiger partial charge in [0.25, 0.3) is 0 Å². The maximum absolute atomic E-state index is 11.6. The summed E-state index contributed by atoms with van der Waals surface area (Å²) in [4.78, 5) is 22.6. The normalized spacial score (nSPS) is 12.3. The van der Waals surface area contributed by atoms with Gasteiger partial charge in [-0.2, -0.15) is 0 Å². The molecule has 0 aliphatic heterocycles. The molecule has 0 rings (SSSR count). The summed E-state index contributed by atoms with van der Waals surface area (Å²) in [5, 5.41) is 2.53. The van der Waals surface area contributed by atoms with Gasteiger partial charge in [-0.15, -0.1) is 0 Å². The lowest BCUT2D eigenvalue weighted by molar-refractivity contribution is -0.143. The zero-order valence-corrected chi connectivity index (χ0v) is 10.3. The van der Waals surface area contributed by atoms with Gasteiger partial charge in [0.2, 0.25) is 5.91 Å². The Morgan fingerprint density at radius 1 is 1.38 bits per heavy atom. The molecule has 5 heteroatoms. The molecule has 3 N–H and O–H groups in total. The van der Waals surface area contributed by atoms with Crippen molar-refractivity contribution in [3.63, 3.8) is 0 Å². The van der Waals surface area contributed by atoms with E-state index in [4.69, 9.17) is 10.5 Å². The maximum atomic E-state index is 11.6. The molecule has 0 aliphatic carbocycles. The fraction of sp³-hybridized carbons (Fsp3) is 0.818. The summed E-state index contributed by atoms with van der Waals surface area (Å²) in [7, 11) is 0. The Kier molecular flexibility index (Phi) is 7.54. The van der Waals surface area contributed by atoms with E-state index in [-0.39, 0.29) is 18.4 Å². The lowest BCUT2D eigenvalue weighted by Gasteiger charge is -2.16. The molecular formula is C11H22N2O3. The van der Waals surface area contributed by atoms with Gasteiger partial charge in [0, 0.05) is 6.54 Å². The highest BCUT2D eigenvalue weighted by molar-refractivity contribution is 5.83. The van der Waals surface area contributed by atoms with Gasteiger partial charge in [0.1, 0.15) is 6.54 Å². The molecular weight excluding hydrogens is 208 g/mol. The van der Waals surface area contributed by atoms with Crippen molar-refractivity contribution in [1.82, 2.24) is 5.32 Å². The van der Waals surface area contributed by atoms with Crippen LogP contribution in [0.4, 0.5) is 0 Å². The summed E-state index contributed by atoms with van der Waals surface area (Å²) < 4.78 is 4.70. The smallest absolute Gasteiger partial charge is 0.325 e. The van der Waals surface area contributed by atoms with Gasteiger partial charge in [-0.05, 0) is 19.3 Å². The fourth-order valence-corrected chi connectivity index (χ4v) is 1.39. The number of esters is 1. The Hall–Kier alpha value is -1.10. The average Bonchev–Trinajstić information content (AvgIpc) is 2.22. The van der Waals surface area contributed by atoms with E-state index in [2.05, 4.69) is 5.32 Å². The van der Waals surface area contributed by atoms with E-state index in [1.54, 1.807) is 6.92 Å². The van der Waals surface area contributed by atoms with E-state index in [1.165, 1.54) is 0 Å². The molecule has 1 atom stereocenters. The lowest BCUT2D eigenvalue weighted by Crippen LogP contribution is -2.38. The Morgan fingerprint density at radius 2 is 2.00 bits per heavy atom. The SMILES string of the molecule is CCOC(=O)CNC(=O)C(CN)CC(C)C. The second-order valence-electron chi connectivity index (χ2n) is 4.09. The fourth-order valence-electron chi connectivity index (χ4n) is 1.39. The third-order valence-electron chi connectivity index (χ3n) is 2.12. The minimum atomic E-state index is -0.420. The molecule has 0 aliphatic rings. The van der Waals surface area contributed by atoms with Crippen LogP contribution in [0.2, 0.25) is 0 Å². The molecule has 0 spiro atoms. The van der Waals surface area contributed by atoms with Gasteiger partial charge in [-0.1, -0.05) is 13.8 Å². The third kappa shape index (κ3) is 6.40. The Bertz CT molecular complexity index is 229. The van der Waals surface area contributed by atoms with Gasteiger partial charge in [-0.3, -0.25) is 9.59 Å². The van der Waals surface area contributed by atoms with Crippen LogP contribution < -0.4 is 11.1 Å². The first kappa shape index (κ1) is 14.9. The molecule has 0 fully saturated rings. The molecule has 0 aromatic rings. The molecule has 0 aromatic carbocycles. The summed E-state index contributed by atoms with van der Waals surface area (Å²) in [5.74, 6) is -0.420. The third-order valence-corrected chi connectivity index (χ3v) is 2.12. The average molecular weight is 230 g/mol. The Labute approximate surface area is 96.7 Å². The monoisotopic (exact) mass is 230 g/mol. The number of nitrogens with one attached hydrogen (secondary N) is 1. The summed E-state index contributed by atoms with van der Waals surface area (Å²) in [6.07, 6.45) is 0.727. The molecule has 0 heterocycles. The predicted molar refractivity (Wildman–Crippen MR) is 61.6 cm³/mol. The largest absolute Gasteiger partial charge is 0.465 e. The summed E-state index contributed by atoms with van der Waals surface area (Å²) in [6, 6.07) is 0. The van der Waals surface area contributed by atoms with Crippen LogP contribution in [0.15, 0.2) is 0 Å². The molecule has 1 unspecified atom stereocenters. The van der Waals surface area contributed by atoms with Crippen molar-refractivity contribution >= 4 is 11.9 Å². The number of ether oxygens (including phenoxy) is 1. The van der Waals surface area contributed by atoms with Crippen LogP contribution >= 0.6 is 0 Å². The second-order valence-corrected chi connectivity index (χ2v) is 4.09. The van der Waals surface area contributed by atoms with Gasteiger partial charge in [0.05, 0.1) is 12.5 Å². The summed E-state index contributed by atoms with van der Waals surface area (Å²) in [6.45, 7) is 6.32. The van der Waals surface area contributed by atoms with Gasteiger partial charge < -0.3 is 15.8 Å². The summed E-state index contributed by atoms with van der Waals surface area (Å²) in [5.41, 5.74) is 5.51. The zero-order valence-electron chi connectivity index (χ0n) is 10.3. The van der Waals surface area contributed by atoms with Gasteiger partial charge >= 0.3 is 5.97 Å². The molecule has 0 bridgehead atoms. The molecule has 94 valence electrons. The zero-order chi connectivity index (χ0) is 12.6. The summed E-state index contributed by atoms with van der Waals surface area (Å²) >= 11 is 0. The van der Waals surface area contributed by atoms with E-state index >= 15 is 0 Å². The number of hydrogen-bond acceptors (Lipinski definition) is 4. The lowest BCUT2D eigenvalue weighted by atomic mass is 9.96. The van der Waals surface area contributed by atoms with E-state index in [0.717, 1.165) is 6.42 Å². The molecule has 1 amide bonds. The predicted octanol–water partition coefficient (Wildman–Crippen LogP) is 0.287. The number of nitrogens with two attached hydrogens (primary N) is 1. The van der Waals surface area contributed by atoms with Crippen LogP contribution in [0, 0.1) is 11.8 Å². The van der Waals surface area contributed by atoms with Crippen molar-refractivity contribution in [2.24, 2.45) is 17.6 Å². The highest BCUT2D eigenvalue weighted by Crippen LogP contribution is 2.10. The maximum Gasteiger partial charge on any atom is 0.325 e. The first-order valence-electron chi connectivity index (χ1n) is 5.64. The van der Waals surface area contributed by atoms with E-state index < -0.39 is 5.97 Å². The number of carbonyl (C=O) groups excluding carboxylic acids is 2. The standard InChI is InChI=1S/C11H22N2O3/c1-4-16-10(14)7-13-11(15)9(6-12)5-8(2)3/h8-9H,4-7,12H2,1-3H3,(H,13,15). The van der Waals surface area contributed by atoms with Crippen molar-refractivity contribution in [3.8, 4) is 0 Å². The molecule has 0 radical (unpaired) electrons. The van der Waals surface area contributed by atoms with E-state index in [0.29, 0.717) is 19.1 Å². The van der Waals surface area contributed by atoms with Crippen LogP contribution in [0.3, 0.4) is 0 Å². The minimum Gasteiger partial charge on any atom is -0.465 e. The highest BCUT2D eigenvalue weighted by atomic mass is 16.5. The number of amides is 1. The molecule has 0 aromatic heterocycles. The van der Waals surface area contributed by atoms with Crippen molar-refractivity contribution < 1.29 is 14.3 Å². The Balaban J connectivity index is 3.97. The van der Waals surface area contributed by atoms with Crippen LogP contribution in [0.5, 0.6) is 0 Å². The van der Waals surface area contributed by atoms with Crippen LogP contribution in [0.25, 0.3) is 0 Å². The quantitative estimate of drug-likeness (QED) is 0.616. The van der Waals surface area contributed by atoms with Crippen molar-refractivity contribution in [2.45, 2.75) is 27.2 Å². The number of rotatable bonds is 7. The molecule has 16 heavy (non-hydrogen) atoms. The highest BCUT2D eigenvalue weighted by Gasteiger charge is 2.18. The molecule has 0 saturated carbocycles. The van der Waals surface area contributed by atoms with E-state index in [9.17, 15) is 9.59 Å². The molecule has 5 nitrogen and oxygen atoms in total. The number of carbonyl (C=O) groups is 2. The van der Waals surface area contributed by atoms with E-state index in [1.807, 2.05) is 13.8 Å². The molecule has 0 saturated heterocycles. The van der Waals surface area contributed by atoms with Gasteiger partial charge in [0.15, 0.2) is 0 Å². The number of hydrogen-bond donors (Lipinski definition) is 2. The van der Waals surface area contributed by atoms with Crippen LogP contribution in [-0.4, -0.2) is 31.6 Å². The first-order valence-corrected chi connectivity index (χ1v) is 5.64. The minimum absolute atomic E-state index is 0.0821. The topological polar surface area (TPSA) is 81.4 Å². The Morgan fingerprint density at radius 3 is 2.44 bits per heavy atom. The van der Waals surface area contributed by atoms with Crippen LogP contribution in [0.1, 0.15) is 27.2 Å². The van der Waals surface area contributed by atoms with Gasteiger partial charge in [-0.25, -0.2) is 0 Å². The van der Waals surface area contributed by atoms with Crippen molar-refractivity contribution in [3.05, 3.63) is 0 Å². The first-order chi connectivity index (χ1) is 7.51. The second kappa shape index (κ2) is 8.10. The van der Waals surface area contributed by atoms with Crippen LogP contribution in [-0.2, 0) is 14.3 Å². The van der Waals surface area contributed by atoms with Crippen molar-refractivity contribution in [2.75, 3.05) is 19.7 Å². The van der Waals surface area contributed by atoms with Crippen molar-refractivity contribution in [1.29, 1.82) is 0 Å².